The van der Waals surface area contributed by atoms with E-state index in [1.807, 2.05) is 6.07 Å². The summed E-state index contributed by atoms with van der Waals surface area (Å²) in [6.45, 7) is 5.64. The van der Waals surface area contributed by atoms with E-state index in [1.54, 1.807) is 0 Å². The minimum atomic E-state index is 0.223. The molecule has 0 unspecified atom stereocenters. The Bertz CT molecular complexity index is 243. The minimum Gasteiger partial charge on any atom is -0.379 e. The van der Waals surface area contributed by atoms with Gasteiger partial charge in [0.25, 0.3) is 0 Å². The Morgan fingerprint density at radius 3 is 2.33 bits per heavy atom. The van der Waals surface area contributed by atoms with E-state index in [2.05, 4.69) is 31.2 Å². The van der Waals surface area contributed by atoms with Crippen LogP contribution in [0.1, 0.15) is 12.0 Å². The normalized spacial score (nSPS) is 20.1. The summed E-state index contributed by atoms with van der Waals surface area (Å²) in [5.74, 6) is 0. The lowest BCUT2D eigenvalue weighted by Gasteiger charge is -2.41. The second-order valence-corrected chi connectivity index (χ2v) is 3.39. The predicted octanol–water partition coefficient (Wildman–Crippen LogP) is 2.18. The Balaban J connectivity index is 2.28. The number of benzene rings is 1. The van der Waals surface area contributed by atoms with E-state index < -0.39 is 0 Å². The molecule has 0 aliphatic carbocycles. The minimum absolute atomic E-state index is 0.223. The molecule has 1 aromatic rings. The summed E-state index contributed by atoms with van der Waals surface area (Å²) in [6, 6.07) is 10.5. The van der Waals surface area contributed by atoms with Crippen molar-refractivity contribution < 1.29 is 4.74 Å². The molecule has 1 heteroatoms. The van der Waals surface area contributed by atoms with Crippen LogP contribution in [0.3, 0.4) is 0 Å². The molecule has 0 saturated carbocycles. The average molecular weight is 161 g/mol. The van der Waals surface area contributed by atoms with Gasteiger partial charge in [-0.1, -0.05) is 37.3 Å². The first kappa shape index (κ1) is 7.81. The van der Waals surface area contributed by atoms with Crippen molar-refractivity contribution in [2.45, 2.75) is 11.8 Å². The van der Waals surface area contributed by atoms with Crippen molar-refractivity contribution in [2.75, 3.05) is 13.2 Å². The van der Waals surface area contributed by atoms with Crippen molar-refractivity contribution in [1.29, 1.82) is 0 Å². The molecule has 0 aromatic heterocycles. The molecule has 1 aliphatic rings. The highest BCUT2D eigenvalue weighted by atomic mass is 16.5. The van der Waals surface area contributed by atoms with Crippen molar-refractivity contribution in [2.24, 2.45) is 0 Å². The molecule has 0 bridgehead atoms. The topological polar surface area (TPSA) is 9.23 Å². The lowest BCUT2D eigenvalue weighted by molar-refractivity contribution is -0.0589. The summed E-state index contributed by atoms with van der Waals surface area (Å²) in [5.41, 5.74) is 1.59. The van der Waals surface area contributed by atoms with Crippen molar-refractivity contribution in [3.05, 3.63) is 42.8 Å². The highest BCUT2D eigenvalue weighted by Crippen LogP contribution is 2.34. The summed E-state index contributed by atoms with van der Waals surface area (Å²) in [7, 11) is 0. The van der Waals surface area contributed by atoms with Crippen LogP contribution in [0.2, 0.25) is 0 Å². The van der Waals surface area contributed by atoms with Crippen LogP contribution in [0.25, 0.3) is 0 Å². The zero-order valence-corrected chi connectivity index (χ0v) is 7.12. The standard InChI is InChI=1S/C11H13O/c1-2-11(8-12-9-11)10-6-4-3-5-7-10/h3-7H,1-2,8-9H2. The van der Waals surface area contributed by atoms with Crippen molar-refractivity contribution in [3.63, 3.8) is 0 Å². The van der Waals surface area contributed by atoms with Crippen LogP contribution in [-0.4, -0.2) is 13.2 Å². The van der Waals surface area contributed by atoms with E-state index in [1.165, 1.54) is 5.56 Å². The van der Waals surface area contributed by atoms with Gasteiger partial charge >= 0.3 is 0 Å². The third kappa shape index (κ3) is 1.05. The Kier molecular flexibility index (Phi) is 1.89. The van der Waals surface area contributed by atoms with E-state index in [4.69, 9.17) is 4.74 Å². The summed E-state index contributed by atoms with van der Waals surface area (Å²) in [4.78, 5) is 0. The maximum Gasteiger partial charge on any atom is 0.0585 e. The fourth-order valence-electron chi connectivity index (χ4n) is 1.60. The molecule has 1 aromatic carbocycles. The first-order valence-corrected chi connectivity index (χ1v) is 4.30. The number of hydrogen-bond donors (Lipinski definition) is 0. The van der Waals surface area contributed by atoms with Crippen LogP contribution in [-0.2, 0) is 10.2 Å². The van der Waals surface area contributed by atoms with Gasteiger partial charge in [0, 0.05) is 5.41 Å². The van der Waals surface area contributed by atoms with Crippen LogP contribution in [0.4, 0.5) is 0 Å². The molecule has 0 spiro atoms. The average Bonchev–Trinajstić information content (AvgIpc) is 2.05. The molecule has 0 amide bonds. The maximum absolute atomic E-state index is 5.24. The fraction of sp³-hybridized carbons (Fsp3) is 0.364. The van der Waals surface area contributed by atoms with Crippen LogP contribution in [0.15, 0.2) is 30.3 Å². The monoisotopic (exact) mass is 161 g/mol. The largest absolute Gasteiger partial charge is 0.379 e. The Morgan fingerprint density at radius 2 is 1.92 bits per heavy atom. The Morgan fingerprint density at radius 1 is 1.25 bits per heavy atom. The summed E-state index contributed by atoms with van der Waals surface area (Å²) in [6.07, 6.45) is 0.928. The van der Waals surface area contributed by atoms with Crippen molar-refractivity contribution >= 4 is 0 Å². The highest BCUT2D eigenvalue weighted by molar-refractivity contribution is 5.27. The smallest absolute Gasteiger partial charge is 0.0585 e. The third-order valence-corrected chi connectivity index (χ3v) is 2.62. The van der Waals surface area contributed by atoms with E-state index in [0.717, 1.165) is 19.6 Å². The zero-order chi connectivity index (χ0) is 8.44. The third-order valence-electron chi connectivity index (χ3n) is 2.62. The van der Waals surface area contributed by atoms with Gasteiger partial charge in [-0.05, 0) is 12.0 Å². The molecule has 1 fully saturated rings. The molecule has 1 saturated heterocycles. The van der Waals surface area contributed by atoms with Gasteiger partial charge in [0.05, 0.1) is 13.2 Å². The SMILES string of the molecule is [CH2]CC1(c2ccccc2)COC1. The van der Waals surface area contributed by atoms with Crippen molar-refractivity contribution in [1.82, 2.24) is 0 Å². The number of hydrogen-bond acceptors (Lipinski definition) is 1. The lowest BCUT2D eigenvalue weighted by Crippen LogP contribution is -2.46. The van der Waals surface area contributed by atoms with E-state index in [9.17, 15) is 0 Å². The van der Waals surface area contributed by atoms with Crippen LogP contribution < -0.4 is 0 Å². The molecule has 12 heavy (non-hydrogen) atoms. The fourth-order valence-corrected chi connectivity index (χ4v) is 1.60. The highest BCUT2D eigenvalue weighted by Gasteiger charge is 2.38. The Hall–Kier alpha value is -0.820. The second kappa shape index (κ2) is 2.91. The second-order valence-electron chi connectivity index (χ2n) is 3.39. The van der Waals surface area contributed by atoms with Gasteiger partial charge in [-0.3, -0.25) is 0 Å². The molecule has 1 radical (unpaired) electrons. The van der Waals surface area contributed by atoms with Gasteiger partial charge in [-0.2, -0.15) is 0 Å². The Labute approximate surface area is 73.4 Å². The number of rotatable bonds is 2. The van der Waals surface area contributed by atoms with Gasteiger partial charge < -0.3 is 4.74 Å². The number of ether oxygens (including phenoxy) is 1. The van der Waals surface area contributed by atoms with Gasteiger partial charge in [0.2, 0.25) is 0 Å². The van der Waals surface area contributed by atoms with Crippen LogP contribution in [0.5, 0.6) is 0 Å². The summed E-state index contributed by atoms with van der Waals surface area (Å²) in [5, 5.41) is 0. The lowest BCUT2D eigenvalue weighted by atomic mass is 9.76. The van der Waals surface area contributed by atoms with Gasteiger partial charge in [-0.15, -0.1) is 0 Å². The summed E-state index contributed by atoms with van der Waals surface area (Å²) < 4.78 is 5.24. The van der Waals surface area contributed by atoms with Crippen LogP contribution in [0, 0.1) is 6.92 Å². The molecular formula is C11H13O. The molecular weight excluding hydrogens is 148 g/mol. The molecule has 0 atom stereocenters. The van der Waals surface area contributed by atoms with E-state index >= 15 is 0 Å². The van der Waals surface area contributed by atoms with Gasteiger partial charge in [-0.25, -0.2) is 0 Å². The maximum atomic E-state index is 5.24. The van der Waals surface area contributed by atoms with Gasteiger partial charge in [0.15, 0.2) is 0 Å². The summed E-state index contributed by atoms with van der Waals surface area (Å²) >= 11 is 0. The zero-order valence-electron chi connectivity index (χ0n) is 7.12. The molecule has 1 aliphatic heterocycles. The van der Waals surface area contributed by atoms with Gasteiger partial charge in [0.1, 0.15) is 0 Å². The van der Waals surface area contributed by atoms with E-state index in [-0.39, 0.29) is 5.41 Å². The molecule has 1 nitrogen and oxygen atoms in total. The molecule has 0 N–H and O–H groups in total. The van der Waals surface area contributed by atoms with Crippen molar-refractivity contribution in [3.8, 4) is 0 Å². The molecule has 2 rings (SSSR count). The van der Waals surface area contributed by atoms with Crippen LogP contribution >= 0.6 is 0 Å². The first-order valence-electron chi connectivity index (χ1n) is 4.30. The quantitative estimate of drug-likeness (QED) is 0.646. The predicted molar refractivity (Wildman–Crippen MR) is 48.9 cm³/mol. The van der Waals surface area contributed by atoms with E-state index in [0.29, 0.717) is 0 Å². The molecule has 1 heterocycles. The molecule has 63 valence electrons. The first-order chi connectivity index (χ1) is 5.87.